The van der Waals surface area contributed by atoms with Crippen LogP contribution in [-0.2, 0) is 6.54 Å². The van der Waals surface area contributed by atoms with E-state index in [1.54, 1.807) is 0 Å². The van der Waals surface area contributed by atoms with Crippen molar-refractivity contribution in [3.63, 3.8) is 0 Å². The quantitative estimate of drug-likeness (QED) is 0.477. The summed E-state index contributed by atoms with van der Waals surface area (Å²) in [6.45, 7) is 8.74. The minimum Gasteiger partial charge on any atom is -0.312 e. The van der Waals surface area contributed by atoms with Crippen molar-refractivity contribution in [3.05, 3.63) is 35.9 Å². The topological polar surface area (TPSA) is 12.0 Å². The zero-order valence-corrected chi connectivity index (χ0v) is 11.5. The summed E-state index contributed by atoms with van der Waals surface area (Å²) >= 11 is 0. The lowest BCUT2D eigenvalue weighted by Crippen LogP contribution is -2.17. The van der Waals surface area contributed by atoms with Crippen LogP contribution >= 0.6 is 0 Å². The van der Waals surface area contributed by atoms with Gasteiger partial charge < -0.3 is 5.32 Å². The van der Waals surface area contributed by atoms with Gasteiger partial charge in [-0.1, -0.05) is 50.0 Å². The van der Waals surface area contributed by atoms with E-state index in [1.165, 1.54) is 5.56 Å². The normalized spacial score (nSPS) is 10.7. The molecule has 0 radical (unpaired) electrons. The first-order valence-corrected chi connectivity index (χ1v) is 9.32. The molecule has 0 aliphatic carbocycles. The third-order valence-electron chi connectivity index (χ3n) is 2.06. The Bertz CT molecular complexity index is 354. The standard InChI is InChI=1S/C14H21NSi/c1-16(2,3)12-8-7-11-15-13-14-9-5-4-6-10-14/h4-6,9-10,15H,7,11,13H2,1-3H3. The van der Waals surface area contributed by atoms with Crippen molar-refractivity contribution in [2.24, 2.45) is 0 Å². The molecule has 0 atom stereocenters. The van der Waals surface area contributed by atoms with Gasteiger partial charge in [0.05, 0.1) is 0 Å². The molecule has 0 aromatic heterocycles. The number of benzene rings is 1. The van der Waals surface area contributed by atoms with Crippen molar-refractivity contribution in [2.75, 3.05) is 6.54 Å². The minimum atomic E-state index is -1.17. The Balaban J connectivity index is 2.15. The van der Waals surface area contributed by atoms with Gasteiger partial charge in [-0.15, -0.1) is 11.5 Å². The van der Waals surface area contributed by atoms with E-state index in [2.05, 4.69) is 60.7 Å². The van der Waals surface area contributed by atoms with Crippen LogP contribution in [0.25, 0.3) is 0 Å². The summed E-state index contributed by atoms with van der Waals surface area (Å²) in [7, 11) is -1.17. The summed E-state index contributed by atoms with van der Waals surface area (Å²) in [6, 6.07) is 10.5. The van der Waals surface area contributed by atoms with Crippen LogP contribution in [0.4, 0.5) is 0 Å². The Labute approximate surface area is 100 Å². The molecule has 0 fully saturated rings. The summed E-state index contributed by atoms with van der Waals surface area (Å²) < 4.78 is 0. The lowest BCUT2D eigenvalue weighted by atomic mass is 10.2. The largest absolute Gasteiger partial charge is 0.312 e. The van der Waals surface area contributed by atoms with E-state index in [-0.39, 0.29) is 0 Å². The third-order valence-corrected chi connectivity index (χ3v) is 2.99. The van der Waals surface area contributed by atoms with Crippen LogP contribution in [0.15, 0.2) is 30.3 Å². The number of hydrogen-bond acceptors (Lipinski definition) is 1. The molecule has 16 heavy (non-hydrogen) atoms. The van der Waals surface area contributed by atoms with Crippen LogP contribution in [-0.4, -0.2) is 14.6 Å². The van der Waals surface area contributed by atoms with Gasteiger partial charge in [0.15, 0.2) is 0 Å². The van der Waals surface area contributed by atoms with Crippen LogP contribution in [0, 0.1) is 11.5 Å². The van der Waals surface area contributed by atoms with E-state index in [9.17, 15) is 0 Å². The van der Waals surface area contributed by atoms with Gasteiger partial charge in [-0.05, 0) is 5.56 Å². The fourth-order valence-electron chi connectivity index (χ4n) is 1.31. The highest BCUT2D eigenvalue weighted by Crippen LogP contribution is 1.98. The highest BCUT2D eigenvalue weighted by Gasteiger charge is 2.06. The molecule has 1 aromatic rings. The van der Waals surface area contributed by atoms with Gasteiger partial charge in [0.25, 0.3) is 0 Å². The van der Waals surface area contributed by atoms with E-state index in [1.807, 2.05) is 6.07 Å². The zero-order chi connectivity index (χ0) is 11.9. The Morgan fingerprint density at radius 3 is 2.44 bits per heavy atom. The second-order valence-corrected chi connectivity index (χ2v) is 9.71. The van der Waals surface area contributed by atoms with Crippen LogP contribution in [0.1, 0.15) is 12.0 Å². The SMILES string of the molecule is C[Si](C)(C)C#CCCNCc1ccccc1. The highest BCUT2D eigenvalue weighted by molar-refractivity contribution is 6.83. The fraction of sp³-hybridized carbons (Fsp3) is 0.429. The van der Waals surface area contributed by atoms with Gasteiger partial charge in [0.2, 0.25) is 0 Å². The predicted octanol–water partition coefficient (Wildman–Crippen LogP) is 3.05. The summed E-state index contributed by atoms with van der Waals surface area (Å²) in [4.78, 5) is 0. The van der Waals surface area contributed by atoms with E-state index in [0.29, 0.717) is 0 Å². The minimum absolute atomic E-state index is 0.940. The summed E-state index contributed by atoms with van der Waals surface area (Å²) in [6.07, 6.45) is 0.955. The Hall–Kier alpha value is -1.04. The molecule has 86 valence electrons. The van der Waals surface area contributed by atoms with Gasteiger partial charge in [-0.2, -0.15) is 0 Å². The monoisotopic (exact) mass is 231 g/mol. The maximum Gasteiger partial charge on any atom is 0.129 e. The lowest BCUT2D eigenvalue weighted by Gasteiger charge is -2.04. The second-order valence-electron chi connectivity index (χ2n) is 4.96. The van der Waals surface area contributed by atoms with Crippen molar-refractivity contribution in [1.29, 1.82) is 0 Å². The zero-order valence-electron chi connectivity index (χ0n) is 10.5. The Kier molecular flexibility index (Phi) is 5.31. The first-order valence-electron chi connectivity index (χ1n) is 5.82. The predicted molar refractivity (Wildman–Crippen MR) is 73.9 cm³/mol. The van der Waals surface area contributed by atoms with Gasteiger partial charge in [0, 0.05) is 19.5 Å². The molecule has 1 aromatic carbocycles. The molecule has 1 rings (SSSR count). The molecule has 0 saturated heterocycles. The summed E-state index contributed by atoms with van der Waals surface area (Å²) in [5.74, 6) is 3.26. The maximum atomic E-state index is 3.40. The average molecular weight is 231 g/mol. The third kappa shape index (κ3) is 6.44. The molecule has 0 unspecified atom stereocenters. The molecule has 0 bridgehead atoms. The van der Waals surface area contributed by atoms with Crippen LogP contribution in [0.5, 0.6) is 0 Å². The Morgan fingerprint density at radius 1 is 1.12 bits per heavy atom. The molecule has 2 heteroatoms. The maximum absolute atomic E-state index is 3.40. The first-order chi connectivity index (χ1) is 7.58. The van der Waals surface area contributed by atoms with Gasteiger partial charge in [-0.25, -0.2) is 0 Å². The highest BCUT2D eigenvalue weighted by atomic mass is 28.3. The van der Waals surface area contributed by atoms with E-state index in [0.717, 1.165) is 19.5 Å². The molecule has 0 heterocycles. The Morgan fingerprint density at radius 2 is 1.81 bits per heavy atom. The first kappa shape index (κ1) is 13.0. The van der Waals surface area contributed by atoms with E-state index >= 15 is 0 Å². The summed E-state index contributed by atoms with van der Waals surface area (Å²) in [5.41, 5.74) is 4.70. The molecular weight excluding hydrogens is 210 g/mol. The molecule has 1 N–H and O–H groups in total. The lowest BCUT2D eigenvalue weighted by molar-refractivity contribution is 0.701. The van der Waals surface area contributed by atoms with Crippen LogP contribution < -0.4 is 5.32 Å². The van der Waals surface area contributed by atoms with Crippen molar-refractivity contribution < 1.29 is 0 Å². The smallest absolute Gasteiger partial charge is 0.129 e. The van der Waals surface area contributed by atoms with Crippen molar-refractivity contribution in [2.45, 2.75) is 32.6 Å². The van der Waals surface area contributed by atoms with Crippen molar-refractivity contribution in [3.8, 4) is 11.5 Å². The molecular formula is C14H21NSi. The number of rotatable bonds is 4. The van der Waals surface area contributed by atoms with Crippen molar-refractivity contribution in [1.82, 2.24) is 5.32 Å². The van der Waals surface area contributed by atoms with Gasteiger partial charge in [-0.3, -0.25) is 0 Å². The molecule has 0 amide bonds. The average Bonchev–Trinajstić information content (AvgIpc) is 2.23. The number of hydrogen-bond donors (Lipinski definition) is 1. The fourth-order valence-corrected chi connectivity index (χ4v) is 1.96. The molecule has 0 spiro atoms. The van der Waals surface area contributed by atoms with Crippen LogP contribution in [0.3, 0.4) is 0 Å². The van der Waals surface area contributed by atoms with E-state index in [4.69, 9.17) is 0 Å². The van der Waals surface area contributed by atoms with Crippen LogP contribution in [0.2, 0.25) is 19.6 Å². The van der Waals surface area contributed by atoms with E-state index < -0.39 is 8.07 Å². The molecule has 0 aliphatic rings. The molecule has 1 nitrogen and oxygen atoms in total. The summed E-state index contributed by atoms with van der Waals surface area (Å²) in [5, 5.41) is 3.40. The number of nitrogens with one attached hydrogen (secondary N) is 1. The molecule has 0 aliphatic heterocycles. The van der Waals surface area contributed by atoms with Gasteiger partial charge in [0.1, 0.15) is 8.07 Å². The van der Waals surface area contributed by atoms with Crippen molar-refractivity contribution >= 4 is 8.07 Å². The second kappa shape index (κ2) is 6.52. The molecule has 0 saturated carbocycles. The van der Waals surface area contributed by atoms with Gasteiger partial charge >= 0.3 is 0 Å².